The predicted octanol–water partition coefficient (Wildman–Crippen LogP) is 24.1. The molecule has 6 heteroatoms. The molecule has 0 aliphatic heterocycles. The number of nitrogens with one attached hydrogen (secondary N) is 1. The first kappa shape index (κ1) is 79.3. The number of allylic oxidation sites excluding steroid dienone is 3. The minimum absolute atomic E-state index is 0.0230. The summed E-state index contributed by atoms with van der Waals surface area (Å²) in [5, 5.41) is 23.2. The smallest absolute Gasteiger partial charge is 0.305 e. The number of carbonyl (C=O) groups excluding carboxylic acids is 2. The van der Waals surface area contributed by atoms with E-state index in [9.17, 15) is 19.8 Å². The Morgan fingerprint density at radius 1 is 0.333 bits per heavy atom. The van der Waals surface area contributed by atoms with Crippen molar-refractivity contribution < 1.29 is 24.5 Å². The Morgan fingerprint density at radius 2 is 0.580 bits per heavy atom. The molecule has 0 aliphatic carbocycles. The first-order valence-electron chi connectivity index (χ1n) is 37.1. The lowest BCUT2D eigenvalue weighted by molar-refractivity contribution is -0.143. The van der Waals surface area contributed by atoms with Crippen LogP contribution in [0.4, 0.5) is 0 Å². The molecule has 0 saturated heterocycles. The molecule has 0 aromatic carbocycles. The van der Waals surface area contributed by atoms with E-state index in [2.05, 4.69) is 31.3 Å². The second-order valence-electron chi connectivity index (χ2n) is 25.6. The minimum atomic E-state index is -0.841. The lowest BCUT2D eigenvalue weighted by Crippen LogP contribution is -2.45. The number of amides is 1. The van der Waals surface area contributed by atoms with Crippen molar-refractivity contribution in [3.05, 3.63) is 24.3 Å². The van der Waals surface area contributed by atoms with Gasteiger partial charge in [-0.1, -0.05) is 372 Å². The monoisotopic (exact) mass is 1140 g/mol. The van der Waals surface area contributed by atoms with Crippen LogP contribution in [0.15, 0.2) is 24.3 Å². The number of aliphatic hydroxyl groups excluding tert-OH is 2. The fourth-order valence-corrected chi connectivity index (χ4v) is 11.8. The fraction of sp³-hybridized carbons (Fsp3) is 0.920. The zero-order valence-electron chi connectivity index (χ0n) is 55.0. The molecule has 0 aromatic heterocycles. The van der Waals surface area contributed by atoms with Crippen molar-refractivity contribution in [3.63, 3.8) is 0 Å². The van der Waals surface area contributed by atoms with E-state index in [1.165, 1.54) is 353 Å². The van der Waals surface area contributed by atoms with Crippen LogP contribution in [0.2, 0.25) is 0 Å². The van der Waals surface area contributed by atoms with Crippen LogP contribution < -0.4 is 5.32 Å². The Labute approximate surface area is 507 Å². The summed E-state index contributed by atoms with van der Waals surface area (Å²) in [5.74, 6) is -0.0387. The maximum absolute atomic E-state index is 12.5. The molecule has 0 spiro atoms. The molecule has 1 amide bonds. The van der Waals surface area contributed by atoms with Crippen molar-refractivity contribution >= 4 is 11.9 Å². The van der Waals surface area contributed by atoms with Gasteiger partial charge in [0.05, 0.1) is 25.4 Å². The standard InChI is InChI=1S/C75H145NO5/c1-3-5-7-9-11-13-15-17-40-43-47-51-55-59-63-67-73(78)72(71-77)76-74(79)68-64-60-56-52-48-44-41-38-36-34-32-30-28-26-24-22-20-19-21-23-25-27-29-31-33-35-37-39-42-46-50-54-58-62-66-70-81-75(80)69-65-61-57-53-49-45-18-16-14-12-10-8-6-4-2/h21,23,63,67,72-73,77-78H,3-20,22,24-62,64-66,68-71H2,1-2H3,(H,76,79)/b23-21-,67-63+. The van der Waals surface area contributed by atoms with Gasteiger partial charge in [-0.05, 0) is 57.8 Å². The molecule has 0 aliphatic rings. The zero-order valence-corrected chi connectivity index (χ0v) is 55.0. The van der Waals surface area contributed by atoms with Gasteiger partial charge in [0.2, 0.25) is 5.91 Å². The van der Waals surface area contributed by atoms with Crippen molar-refractivity contribution in [2.45, 2.75) is 431 Å². The molecule has 0 aromatic rings. The molecule has 3 N–H and O–H groups in total. The lowest BCUT2D eigenvalue weighted by Gasteiger charge is -2.20. The van der Waals surface area contributed by atoms with Crippen LogP contribution >= 0.6 is 0 Å². The molecule has 0 heterocycles. The van der Waals surface area contributed by atoms with Crippen molar-refractivity contribution in [1.82, 2.24) is 5.32 Å². The Balaban J connectivity index is 3.34. The summed E-state index contributed by atoms with van der Waals surface area (Å²) in [6.07, 6.45) is 90.0. The van der Waals surface area contributed by atoms with E-state index < -0.39 is 12.1 Å². The van der Waals surface area contributed by atoms with E-state index in [1.54, 1.807) is 6.08 Å². The van der Waals surface area contributed by atoms with Gasteiger partial charge in [-0.25, -0.2) is 0 Å². The molecule has 2 atom stereocenters. The van der Waals surface area contributed by atoms with Crippen LogP contribution in [0.25, 0.3) is 0 Å². The average molecular weight is 1140 g/mol. The van der Waals surface area contributed by atoms with Gasteiger partial charge in [0.1, 0.15) is 0 Å². The van der Waals surface area contributed by atoms with E-state index in [0.29, 0.717) is 19.4 Å². The zero-order chi connectivity index (χ0) is 58.5. The molecular formula is C75H145NO5. The molecular weight excluding hydrogens is 995 g/mol. The number of ether oxygens (including phenoxy) is 1. The SMILES string of the molecule is CCCCCCCCCCCCCCC/C=C/C(O)C(CO)NC(=O)CCCCCCCCCCCCCCCCCCC/C=C\CCCCCCCCCCCCCCCCOC(=O)CCCCCCCCCCCCCCCC. The second kappa shape index (κ2) is 70.8. The third-order valence-corrected chi connectivity index (χ3v) is 17.5. The van der Waals surface area contributed by atoms with Crippen LogP contribution in [-0.2, 0) is 14.3 Å². The third kappa shape index (κ3) is 67.3. The maximum Gasteiger partial charge on any atom is 0.305 e. The number of unbranched alkanes of at least 4 members (excludes halogenated alkanes) is 57. The van der Waals surface area contributed by atoms with Crippen LogP contribution in [-0.4, -0.2) is 47.4 Å². The summed E-state index contributed by atoms with van der Waals surface area (Å²) in [6, 6.07) is -0.624. The molecule has 0 bridgehead atoms. The van der Waals surface area contributed by atoms with Crippen LogP contribution in [0.3, 0.4) is 0 Å². The van der Waals surface area contributed by atoms with Crippen LogP contribution in [0, 0.1) is 0 Å². The molecule has 6 nitrogen and oxygen atoms in total. The third-order valence-electron chi connectivity index (χ3n) is 17.5. The first-order chi connectivity index (χ1) is 40.0. The highest BCUT2D eigenvalue weighted by Crippen LogP contribution is 2.19. The van der Waals surface area contributed by atoms with Gasteiger partial charge in [-0.2, -0.15) is 0 Å². The van der Waals surface area contributed by atoms with Gasteiger partial charge in [-0.15, -0.1) is 0 Å². The summed E-state index contributed by atoms with van der Waals surface area (Å²) in [5.41, 5.74) is 0. The van der Waals surface area contributed by atoms with Gasteiger partial charge in [0.25, 0.3) is 0 Å². The number of hydrogen-bond acceptors (Lipinski definition) is 5. The lowest BCUT2D eigenvalue weighted by atomic mass is 10.0. The summed E-state index contributed by atoms with van der Waals surface area (Å²) in [4.78, 5) is 24.6. The highest BCUT2D eigenvalue weighted by molar-refractivity contribution is 5.76. The predicted molar refractivity (Wildman–Crippen MR) is 356 cm³/mol. The van der Waals surface area contributed by atoms with Gasteiger partial charge < -0.3 is 20.3 Å². The molecule has 81 heavy (non-hydrogen) atoms. The Bertz CT molecular complexity index is 1270. The topological polar surface area (TPSA) is 95.9 Å². The van der Waals surface area contributed by atoms with Gasteiger partial charge in [0, 0.05) is 12.8 Å². The van der Waals surface area contributed by atoms with Crippen molar-refractivity contribution in [3.8, 4) is 0 Å². The van der Waals surface area contributed by atoms with Crippen molar-refractivity contribution in [2.75, 3.05) is 13.2 Å². The van der Waals surface area contributed by atoms with E-state index >= 15 is 0 Å². The van der Waals surface area contributed by atoms with Crippen molar-refractivity contribution in [1.29, 1.82) is 0 Å². The second-order valence-corrected chi connectivity index (χ2v) is 25.6. The number of hydrogen-bond donors (Lipinski definition) is 3. The highest BCUT2D eigenvalue weighted by Gasteiger charge is 2.18. The van der Waals surface area contributed by atoms with Gasteiger partial charge >= 0.3 is 5.97 Å². The molecule has 0 radical (unpaired) electrons. The number of aliphatic hydroxyl groups is 2. The minimum Gasteiger partial charge on any atom is -0.466 e. The Morgan fingerprint density at radius 3 is 0.877 bits per heavy atom. The normalized spacial score (nSPS) is 12.6. The Kier molecular flexibility index (Phi) is 69.4. The first-order valence-corrected chi connectivity index (χ1v) is 37.1. The largest absolute Gasteiger partial charge is 0.466 e. The number of rotatable bonds is 70. The van der Waals surface area contributed by atoms with Gasteiger partial charge in [-0.3, -0.25) is 9.59 Å². The van der Waals surface area contributed by atoms with Crippen LogP contribution in [0.5, 0.6) is 0 Å². The van der Waals surface area contributed by atoms with Crippen molar-refractivity contribution in [2.24, 2.45) is 0 Å². The van der Waals surface area contributed by atoms with E-state index in [0.717, 1.165) is 38.5 Å². The quantitative estimate of drug-likeness (QED) is 0.0320. The molecule has 0 rings (SSSR count). The fourth-order valence-electron chi connectivity index (χ4n) is 11.8. The van der Waals surface area contributed by atoms with E-state index in [4.69, 9.17) is 4.74 Å². The van der Waals surface area contributed by atoms with E-state index in [1.807, 2.05) is 6.08 Å². The maximum atomic E-state index is 12.5. The van der Waals surface area contributed by atoms with Gasteiger partial charge in [0.15, 0.2) is 0 Å². The highest BCUT2D eigenvalue weighted by atomic mass is 16.5. The van der Waals surface area contributed by atoms with Crippen LogP contribution in [0.1, 0.15) is 418 Å². The molecule has 2 unspecified atom stereocenters. The molecule has 0 fully saturated rings. The molecule has 480 valence electrons. The summed E-state index contributed by atoms with van der Waals surface area (Å²) >= 11 is 0. The summed E-state index contributed by atoms with van der Waals surface area (Å²) < 4.78 is 5.50. The Hall–Kier alpha value is -1.66. The number of esters is 1. The summed E-state index contributed by atoms with van der Waals surface area (Å²) in [6.45, 7) is 4.94. The average Bonchev–Trinajstić information content (AvgIpc) is 3.47. The summed E-state index contributed by atoms with van der Waals surface area (Å²) in [7, 11) is 0. The molecule has 0 saturated carbocycles. The number of carbonyl (C=O) groups is 2. The van der Waals surface area contributed by atoms with E-state index in [-0.39, 0.29) is 18.5 Å².